The van der Waals surface area contributed by atoms with Crippen molar-refractivity contribution in [3.05, 3.63) is 53.9 Å². The van der Waals surface area contributed by atoms with Crippen molar-refractivity contribution in [1.29, 1.82) is 0 Å². The van der Waals surface area contributed by atoms with E-state index in [0.717, 1.165) is 0 Å². The van der Waals surface area contributed by atoms with Crippen LogP contribution in [0.25, 0.3) is 33.4 Å². The van der Waals surface area contributed by atoms with E-state index in [0.29, 0.717) is 66.6 Å². The number of nitrogens with zero attached hydrogens (tertiary/aromatic N) is 5. The van der Waals surface area contributed by atoms with Gasteiger partial charge in [0.25, 0.3) is 0 Å². The number of methoxy groups -OCH3 is 1. The first-order valence-electron chi connectivity index (χ1n) is 12.5. The molecule has 5 rings (SSSR count). The summed E-state index contributed by atoms with van der Waals surface area (Å²) in [7, 11) is 1.46. The molecule has 210 valence electrons. The molecular formula is C26H26F2N7O4S-. The fourth-order valence-electron chi connectivity index (χ4n) is 4.57. The summed E-state index contributed by atoms with van der Waals surface area (Å²) in [6.45, 7) is 2.21. The van der Waals surface area contributed by atoms with E-state index in [1.165, 1.54) is 37.7 Å². The van der Waals surface area contributed by atoms with E-state index in [9.17, 15) is 8.76 Å². The Kier molecular flexibility index (Phi) is 8.40. The van der Waals surface area contributed by atoms with Gasteiger partial charge in [0.05, 0.1) is 31.5 Å². The Labute approximate surface area is 231 Å². The van der Waals surface area contributed by atoms with Gasteiger partial charge in [-0.05, 0) is 42.2 Å². The summed E-state index contributed by atoms with van der Waals surface area (Å²) in [4.78, 5) is 19.6. The van der Waals surface area contributed by atoms with Gasteiger partial charge in [0.2, 0.25) is 5.95 Å². The lowest BCUT2D eigenvalue weighted by molar-refractivity contribution is 0.122. The average Bonchev–Trinajstić information content (AvgIpc) is 2.96. The molecule has 4 aromatic rings. The van der Waals surface area contributed by atoms with Gasteiger partial charge < -0.3 is 24.7 Å². The van der Waals surface area contributed by atoms with Crippen molar-refractivity contribution in [2.24, 2.45) is 0 Å². The predicted molar refractivity (Wildman–Crippen MR) is 145 cm³/mol. The lowest BCUT2D eigenvalue weighted by Gasteiger charge is -2.29. The first-order chi connectivity index (χ1) is 19.4. The van der Waals surface area contributed by atoms with Crippen LogP contribution in [0.1, 0.15) is 12.0 Å². The van der Waals surface area contributed by atoms with Crippen LogP contribution >= 0.6 is 0 Å². The molecular weight excluding hydrogens is 544 g/mol. The zero-order valence-electron chi connectivity index (χ0n) is 21.5. The van der Waals surface area contributed by atoms with E-state index in [-0.39, 0.29) is 35.6 Å². The lowest BCUT2D eigenvalue weighted by atomic mass is 9.97. The predicted octanol–water partition coefficient (Wildman–Crippen LogP) is 2.78. The van der Waals surface area contributed by atoms with Gasteiger partial charge in [0.1, 0.15) is 28.7 Å². The molecule has 1 unspecified atom stereocenters. The van der Waals surface area contributed by atoms with Crippen molar-refractivity contribution >= 4 is 33.9 Å². The van der Waals surface area contributed by atoms with E-state index in [1.807, 2.05) is 4.90 Å². The Bertz CT molecular complexity index is 1550. The highest BCUT2D eigenvalue weighted by molar-refractivity contribution is 7.77. The SMILES string of the molecule is COc1cc(-c2c(F)ccc(CCCNS(=O)[O-])c2F)cc2c(N3CCOCC3)nc(-c3cnc(N)nc3)nc12. The second kappa shape index (κ2) is 12.1. The molecule has 2 aromatic carbocycles. The number of ether oxygens (including phenoxy) is 2. The van der Waals surface area contributed by atoms with Crippen LogP contribution in [0.4, 0.5) is 20.5 Å². The smallest absolute Gasteiger partial charge is 0.219 e. The molecule has 0 radical (unpaired) electrons. The number of hydrogen-bond acceptors (Lipinski definition) is 10. The standard InChI is InChI=1S/C26H27F2N7O4S/c1-38-20-12-16(21-19(27)5-4-15(22(21)28)3-2-6-32-40(36)37)11-18-23(20)33-24(17-13-30-26(29)31-14-17)34-25(18)35-7-9-39-10-8-35/h4-5,11-14,32H,2-3,6-10H2,1H3,(H,36,37)(H2,29,30,31)/p-1. The summed E-state index contributed by atoms with van der Waals surface area (Å²) in [6.07, 6.45) is 3.59. The van der Waals surface area contributed by atoms with Crippen molar-refractivity contribution in [3.63, 3.8) is 0 Å². The molecule has 0 amide bonds. The maximum Gasteiger partial charge on any atom is 0.219 e. The normalized spacial score (nSPS) is 14.4. The molecule has 3 N–H and O–H groups in total. The topological polar surface area (TPSA) is 151 Å². The highest BCUT2D eigenvalue weighted by Gasteiger charge is 2.23. The van der Waals surface area contributed by atoms with Gasteiger partial charge in [-0.25, -0.2) is 33.4 Å². The van der Waals surface area contributed by atoms with Crippen LogP contribution in [0.15, 0.2) is 36.7 Å². The largest absolute Gasteiger partial charge is 0.760 e. The first-order valence-corrected chi connectivity index (χ1v) is 13.5. The number of hydrogen-bond donors (Lipinski definition) is 2. The van der Waals surface area contributed by atoms with Gasteiger partial charge in [-0.2, -0.15) is 0 Å². The Morgan fingerprint density at radius 1 is 1.15 bits per heavy atom. The first kappa shape index (κ1) is 27.7. The zero-order valence-corrected chi connectivity index (χ0v) is 22.3. The molecule has 40 heavy (non-hydrogen) atoms. The number of aromatic nitrogens is 4. The third-order valence-electron chi connectivity index (χ3n) is 6.51. The van der Waals surface area contributed by atoms with Crippen LogP contribution in [0, 0.1) is 11.6 Å². The number of morpholine rings is 1. The second-order valence-corrected chi connectivity index (χ2v) is 9.76. The number of fused-ring (bicyclic) bond motifs is 1. The maximum atomic E-state index is 15.7. The van der Waals surface area contributed by atoms with Crippen molar-refractivity contribution < 1.29 is 27.0 Å². The van der Waals surface area contributed by atoms with Gasteiger partial charge in [-0.3, -0.25) is 4.21 Å². The Morgan fingerprint density at radius 3 is 2.60 bits per heavy atom. The molecule has 1 atom stereocenters. The summed E-state index contributed by atoms with van der Waals surface area (Å²) in [5.74, 6) is -0.169. The number of nitrogens with one attached hydrogen (secondary N) is 1. The van der Waals surface area contributed by atoms with Crippen LogP contribution in [-0.4, -0.2) is 68.7 Å². The van der Waals surface area contributed by atoms with Crippen LogP contribution in [0.5, 0.6) is 5.75 Å². The van der Waals surface area contributed by atoms with Gasteiger partial charge in [-0.15, -0.1) is 0 Å². The zero-order chi connectivity index (χ0) is 28.2. The number of nitrogens with two attached hydrogens (primary N) is 1. The van der Waals surface area contributed by atoms with E-state index in [1.54, 1.807) is 6.07 Å². The molecule has 2 aromatic heterocycles. The van der Waals surface area contributed by atoms with E-state index in [2.05, 4.69) is 14.7 Å². The van der Waals surface area contributed by atoms with Crippen molar-refractivity contribution in [2.75, 3.05) is 50.6 Å². The number of aryl methyl sites for hydroxylation is 1. The molecule has 3 heterocycles. The summed E-state index contributed by atoms with van der Waals surface area (Å²) in [5.41, 5.74) is 6.92. The summed E-state index contributed by atoms with van der Waals surface area (Å²) >= 11 is -2.41. The van der Waals surface area contributed by atoms with Crippen LogP contribution < -0.4 is 20.1 Å². The van der Waals surface area contributed by atoms with Crippen molar-refractivity contribution in [1.82, 2.24) is 24.7 Å². The third kappa shape index (κ3) is 5.84. The molecule has 0 spiro atoms. The molecule has 0 bridgehead atoms. The molecule has 1 aliphatic heterocycles. The summed E-state index contributed by atoms with van der Waals surface area (Å²) in [6, 6.07) is 5.76. The number of rotatable bonds is 9. The van der Waals surface area contributed by atoms with Crippen LogP contribution in [0.2, 0.25) is 0 Å². The highest BCUT2D eigenvalue weighted by atomic mass is 32.2. The molecule has 1 fully saturated rings. The number of benzene rings is 2. The highest BCUT2D eigenvalue weighted by Crippen LogP contribution is 2.39. The van der Waals surface area contributed by atoms with Crippen LogP contribution in [-0.2, 0) is 22.4 Å². The molecule has 1 saturated heterocycles. The van der Waals surface area contributed by atoms with Crippen LogP contribution in [0.3, 0.4) is 0 Å². The number of nitrogen functional groups attached to an aromatic ring is 1. The Hall–Kier alpha value is -3.85. The summed E-state index contributed by atoms with van der Waals surface area (Å²) < 4.78 is 65.7. The number of halogens is 2. The van der Waals surface area contributed by atoms with Gasteiger partial charge in [-0.1, -0.05) is 6.07 Å². The average molecular weight is 571 g/mol. The van der Waals surface area contributed by atoms with Gasteiger partial charge >= 0.3 is 0 Å². The summed E-state index contributed by atoms with van der Waals surface area (Å²) in [5, 5.41) is 0.544. The van der Waals surface area contributed by atoms with Gasteiger partial charge in [0.15, 0.2) is 5.82 Å². The van der Waals surface area contributed by atoms with Crippen molar-refractivity contribution in [3.8, 4) is 28.3 Å². The minimum atomic E-state index is -2.41. The third-order valence-corrected chi connectivity index (χ3v) is 6.95. The Morgan fingerprint density at radius 2 is 1.90 bits per heavy atom. The van der Waals surface area contributed by atoms with E-state index in [4.69, 9.17) is 25.2 Å². The minimum absolute atomic E-state index is 0.114. The molecule has 11 nitrogen and oxygen atoms in total. The van der Waals surface area contributed by atoms with E-state index < -0.39 is 22.9 Å². The Balaban J connectivity index is 1.65. The quantitative estimate of drug-likeness (QED) is 0.227. The van der Waals surface area contributed by atoms with Crippen molar-refractivity contribution in [2.45, 2.75) is 12.8 Å². The maximum absolute atomic E-state index is 15.7. The van der Waals surface area contributed by atoms with E-state index >= 15 is 8.78 Å². The fourth-order valence-corrected chi connectivity index (χ4v) is 4.88. The lowest BCUT2D eigenvalue weighted by Crippen LogP contribution is -2.37. The monoisotopic (exact) mass is 570 g/mol. The molecule has 14 heteroatoms. The van der Waals surface area contributed by atoms with Gasteiger partial charge in [0, 0.05) is 48.7 Å². The minimum Gasteiger partial charge on any atom is -0.760 e. The fraction of sp³-hybridized carbons (Fsp3) is 0.308. The second-order valence-electron chi connectivity index (χ2n) is 9.00. The molecule has 1 aliphatic rings. The number of anilines is 2. The molecule has 0 aliphatic carbocycles. The molecule has 0 saturated carbocycles.